The molecule has 0 spiro atoms. The van der Waals surface area contributed by atoms with Gasteiger partial charge in [0.2, 0.25) is 0 Å². The largest absolute Gasteiger partial charge is 0.322 e. The van der Waals surface area contributed by atoms with Crippen molar-refractivity contribution in [3.05, 3.63) is 29.3 Å². The number of nitrogens with zero attached hydrogens (tertiary/aromatic N) is 2. The molecular formula is C11H13N3OS. The minimum absolute atomic E-state index is 0.162. The number of fused-ring (bicyclic) bond motifs is 1. The third-order valence-electron chi connectivity index (χ3n) is 2.66. The van der Waals surface area contributed by atoms with Crippen molar-refractivity contribution in [3.63, 3.8) is 0 Å². The lowest BCUT2D eigenvalue weighted by molar-refractivity contribution is 0.678. The fourth-order valence-corrected chi connectivity index (χ4v) is 2.93. The van der Waals surface area contributed by atoms with E-state index in [1.165, 1.54) is 0 Å². The first-order chi connectivity index (χ1) is 7.43. The fraction of sp³-hybridized carbons (Fsp3) is 0.273. The second-order valence-corrected chi connectivity index (χ2v) is 6.37. The summed E-state index contributed by atoms with van der Waals surface area (Å²) >= 11 is 0. The van der Waals surface area contributed by atoms with E-state index in [9.17, 15) is 4.21 Å². The molecular weight excluding hydrogens is 222 g/mol. The summed E-state index contributed by atoms with van der Waals surface area (Å²) in [6, 6.07) is 7.17. The monoisotopic (exact) mass is 235 g/mol. The van der Waals surface area contributed by atoms with Gasteiger partial charge in [-0.15, -0.1) is 0 Å². The predicted octanol–water partition coefficient (Wildman–Crippen LogP) is 0.639. The van der Waals surface area contributed by atoms with E-state index in [-0.39, 0.29) is 6.04 Å². The summed E-state index contributed by atoms with van der Waals surface area (Å²) in [5, 5.41) is 8.84. The molecule has 5 heteroatoms. The maximum Gasteiger partial charge on any atom is 0.0992 e. The van der Waals surface area contributed by atoms with Crippen molar-refractivity contribution in [2.45, 2.75) is 6.04 Å². The average Bonchev–Trinajstić information content (AvgIpc) is 2.55. The molecule has 2 rings (SSSR count). The molecule has 4 nitrogen and oxygen atoms in total. The standard InChI is InChI=1S/C11H13N3OS/c1-16(2,15)14-7-10(13)9-4-3-8(6-12)5-11(9)14/h3-5,10H,1,7,13H2,2H3/t10-,16?/m1/s1. The van der Waals surface area contributed by atoms with Gasteiger partial charge in [-0.3, -0.25) is 4.31 Å². The van der Waals surface area contributed by atoms with Crippen LogP contribution in [0.25, 0.3) is 0 Å². The summed E-state index contributed by atoms with van der Waals surface area (Å²) in [4.78, 5) is 0. The molecule has 0 radical (unpaired) electrons. The lowest BCUT2D eigenvalue weighted by Gasteiger charge is -2.20. The number of nitriles is 1. The number of benzene rings is 1. The first-order valence-corrected chi connectivity index (χ1v) is 6.92. The maximum absolute atomic E-state index is 12.0. The minimum atomic E-state index is -2.33. The van der Waals surface area contributed by atoms with Crippen molar-refractivity contribution < 1.29 is 4.21 Å². The van der Waals surface area contributed by atoms with E-state index in [1.54, 1.807) is 22.7 Å². The third-order valence-corrected chi connectivity index (χ3v) is 3.93. The minimum Gasteiger partial charge on any atom is -0.322 e. The molecule has 1 aliphatic heterocycles. The Labute approximate surface area is 95.4 Å². The van der Waals surface area contributed by atoms with E-state index in [0.717, 1.165) is 11.3 Å². The molecule has 0 aromatic heterocycles. The highest BCUT2D eigenvalue weighted by atomic mass is 32.2. The molecule has 0 fully saturated rings. The summed E-state index contributed by atoms with van der Waals surface area (Å²) in [6.07, 6.45) is 1.58. The van der Waals surface area contributed by atoms with Gasteiger partial charge in [0.05, 0.1) is 29.9 Å². The molecule has 1 aromatic rings. The highest BCUT2D eigenvalue weighted by Gasteiger charge is 2.29. The first-order valence-electron chi connectivity index (χ1n) is 4.83. The van der Waals surface area contributed by atoms with E-state index in [0.29, 0.717) is 12.1 Å². The molecule has 2 N–H and O–H groups in total. The van der Waals surface area contributed by atoms with E-state index in [2.05, 4.69) is 11.9 Å². The topological polar surface area (TPSA) is 70.1 Å². The Hall–Kier alpha value is -1.51. The van der Waals surface area contributed by atoms with Crippen molar-refractivity contribution in [1.82, 2.24) is 0 Å². The van der Waals surface area contributed by atoms with E-state index >= 15 is 0 Å². The Balaban J connectivity index is 2.60. The molecule has 0 saturated heterocycles. The van der Waals surface area contributed by atoms with Gasteiger partial charge in [-0.25, -0.2) is 4.21 Å². The Bertz CT molecular complexity index is 571. The molecule has 1 heterocycles. The summed E-state index contributed by atoms with van der Waals surface area (Å²) in [6.45, 7) is 0.489. The van der Waals surface area contributed by atoms with Crippen molar-refractivity contribution in [2.24, 2.45) is 5.73 Å². The average molecular weight is 235 g/mol. The van der Waals surface area contributed by atoms with Crippen LogP contribution in [0.1, 0.15) is 17.2 Å². The van der Waals surface area contributed by atoms with Gasteiger partial charge >= 0.3 is 0 Å². The van der Waals surface area contributed by atoms with Crippen molar-refractivity contribution in [2.75, 3.05) is 17.1 Å². The van der Waals surface area contributed by atoms with Crippen LogP contribution in [-0.4, -0.2) is 22.9 Å². The number of anilines is 1. The highest BCUT2D eigenvalue weighted by molar-refractivity contribution is 8.00. The van der Waals surface area contributed by atoms with Crippen LogP contribution in [0, 0.1) is 11.3 Å². The SMILES string of the molecule is C=S(C)(=O)N1C[C@@H](N)c2ccc(C#N)cc21. The van der Waals surface area contributed by atoms with Gasteiger partial charge in [0.15, 0.2) is 0 Å². The molecule has 1 aromatic carbocycles. The molecule has 1 aliphatic rings. The van der Waals surface area contributed by atoms with Gasteiger partial charge < -0.3 is 5.73 Å². The summed E-state index contributed by atoms with van der Waals surface area (Å²) < 4.78 is 13.7. The van der Waals surface area contributed by atoms with Crippen LogP contribution >= 0.6 is 0 Å². The zero-order chi connectivity index (χ0) is 11.9. The van der Waals surface area contributed by atoms with E-state index in [1.807, 2.05) is 6.07 Å². The quantitative estimate of drug-likeness (QED) is 0.726. The Kier molecular flexibility index (Phi) is 2.41. The zero-order valence-corrected chi connectivity index (χ0v) is 9.83. The normalized spacial score (nSPS) is 22.3. The number of hydrogen-bond donors (Lipinski definition) is 1. The smallest absolute Gasteiger partial charge is 0.0992 e. The van der Waals surface area contributed by atoms with Crippen LogP contribution in [0.15, 0.2) is 18.2 Å². The van der Waals surface area contributed by atoms with Gasteiger partial charge in [0.25, 0.3) is 0 Å². The third kappa shape index (κ3) is 1.66. The lowest BCUT2D eigenvalue weighted by atomic mass is 10.1. The van der Waals surface area contributed by atoms with Gasteiger partial charge in [0, 0.05) is 16.0 Å². The Morgan fingerprint density at radius 3 is 2.94 bits per heavy atom. The van der Waals surface area contributed by atoms with Gasteiger partial charge in [-0.2, -0.15) is 5.26 Å². The number of hydrogen-bond acceptors (Lipinski definition) is 3. The van der Waals surface area contributed by atoms with Crippen LogP contribution in [0.3, 0.4) is 0 Å². The molecule has 0 saturated carbocycles. The first kappa shape index (κ1) is 11.0. The second-order valence-electron chi connectivity index (χ2n) is 4.01. The Morgan fingerprint density at radius 1 is 1.69 bits per heavy atom. The van der Waals surface area contributed by atoms with Crippen molar-refractivity contribution in [3.8, 4) is 6.07 Å². The molecule has 0 aliphatic carbocycles. The van der Waals surface area contributed by atoms with Gasteiger partial charge in [0.1, 0.15) is 0 Å². The molecule has 2 atom stereocenters. The Morgan fingerprint density at radius 2 is 2.38 bits per heavy atom. The molecule has 0 bridgehead atoms. The lowest BCUT2D eigenvalue weighted by Crippen LogP contribution is -2.30. The summed E-state index contributed by atoms with van der Waals surface area (Å²) in [5.41, 5.74) is 8.19. The molecule has 84 valence electrons. The van der Waals surface area contributed by atoms with Gasteiger partial charge in [-0.05, 0) is 23.6 Å². The maximum atomic E-state index is 12.0. The summed E-state index contributed by atoms with van der Waals surface area (Å²) in [5.74, 6) is 3.66. The number of rotatable bonds is 1. The zero-order valence-electron chi connectivity index (χ0n) is 9.01. The fourth-order valence-electron chi connectivity index (χ4n) is 1.88. The molecule has 16 heavy (non-hydrogen) atoms. The number of nitrogens with two attached hydrogens (primary N) is 1. The van der Waals surface area contributed by atoms with Gasteiger partial charge in [-0.1, -0.05) is 6.07 Å². The second kappa shape index (κ2) is 3.51. The van der Waals surface area contributed by atoms with Crippen LogP contribution in [0.2, 0.25) is 0 Å². The van der Waals surface area contributed by atoms with E-state index < -0.39 is 9.71 Å². The highest BCUT2D eigenvalue weighted by Crippen LogP contribution is 2.35. The van der Waals surface area contributed by atoms with Crippen LogP contribution in [0.5, 0.6) is 0 Å². The van der Waals surface area contributed by atoms with Crippen LogP contribution in [0.4, 0.5) is 5.69 Å². The van der Waals surface area contributed by atoms with Crippen LogP contribution < -0.4 is 10.0 Å². The summed E-state index contributed by atoms with van der Waals surface area (Å²) in [7, 11) is -2.33. The van der Waals surface area contributed by atoms with Crippen molar-refractivity contribution in [1.29, 1.82) is 5.26 Å². The molecule has 1 unspecified atom stereocenters. The van der Waals surface area contributed by atoms with Crippen LogP contribution in [-0.2, 0) is 9.71 Å². The van der Waals surface area contributed by atoms with E-state index in [4.69, 9.17) is 11.0 Å². The van der Waals surface area contributed by atoms with Crippen molar-refractivity contribution >= 4 is 21.3 Å². The molecule has 0 amide bonds. The predicted molar refractivity (Wildman–Crippen MR) is 66.6 cm³/mol.